The highest BCUT2D eigenvalue weighted by Crippen LogP contribution is 2.37. The Kier molecular flexibility index (Phi) is 2.94. The number of aryl methyl sites for hydroxylation is 1. The van der Waals surface area contributed by atoms with E-state index in [1.807, 2.05) is 49.4 Å². The quantitative estimate of drug-likeness (QED) is 0.488. The number of para-hydroxylation sites is 2. The minimum absolute atomic E-state index is 0.363. The normalized spacial score (nSPS) is 14.7. The van der Waals surface area contributed by atoms with Gasteiger partial charge < -0.3 is 9.97 Å². The molecular weight excluding hydrogens is 326 g/mol. The van der Waals surface area contributed by atoms with Gasteiger partial charge in [-0.05, 0) is 18.6 Å². The maximum absolute atomic E-state index is 12.6. The molecule has 5 heteroatoms. The Balaban J connectivity index is 1.85. The molecule has 3 heterocycles. The number of fused-ring (bicyclic) bond motifs is 2. The molecule has 0 radical (unpaired) electrons. The van der Waals surface area contributed by atoms with Crippen LogP contribution in [0.5, 0.6) is 0 Å². The van der Waals surface area contributed by atoms with Gasteiger partial charge in [-0.3, -0.25) is 14.9 Å². The largest absolute Gasteiger partial charge is 0.361 e. The van der Waals surface area contributed by atoms with Crippen LogP contribution in [0.3, 0.4) is 0 Å². The number of benzene rings is 2. The number of carbonyl (C=O) groups is 2. The van der Waals surface area contributed by atoms with Crippen molar-refractivity contribution in [3.8, 4) is 0 Å². The van der Waals surface area contributed by atoms with Crippen LogP contribution < -0.4 is 5.32 Å². The third-order valence-electron chi connectivity index (χ3n) is 4.98. The van der Waals surface area contributed by atoms with Crippen molar-refractivity contribution in [2.24, 2.45) is 0 Å². The molecule has 1 aliphatic heterocycles. The second-order valence-electron chi connectivity index (χ2n) is 6.48. The van der Waals surface area contributed by atoms with Gasteiger partial charge in [0.05, 0.1) is 11.1 Å². The lowest BCUT2D eigenvalue weighted by Crippen LogP contribution is -2.22. The Morgan fingerprint density at radius 1 is 0.731 bits per heavy atom. The van der Waals surface area contributed by atoms with Crippen molar-refractivity contribution in [3.63, 3.8) is 0 Å². The van der Waals surface area contributed by atoms with Crippen molar-refractivity contribution in [1.82, 2.24) is 15.3 Å². The van der Waals surface area contributed by atoms with E-state index in [0.717, 1.165) is 38.5 Å². The van der Waals surface area contributed by atoms with Crippen molar-refractivity contribution in [2.75, 3.05) is 0 Å². The zero-order chi connectivity index (χ0) is 17.8. The molecule has 0 saturated heterocycles. The van der Waals surface area contributed by atoms with Crippen LogP contribution in [0.2, 0.25) is 0 Å². The summed E-state index contributed by atoms with van der Waals surface area (Å²) in [5.74, 6) is -0.727. The summed E-state index contributed by atoms with van der Waals surface area (Å²) in [7, 11) is 0. The summed E-state index contributed by atoms with van der Waals surface area (Å²) in [5, 5.41) is 4.31. The number of imide groups is 1. The Labute approximate surface area is 148 Å². The second-order valence-corrected chi connectivity index (χ2v) is 6.48. The molecule has 5 rings (SSSR count). The van der Waals surface area contributed by atoms with E-state index < -0.39 is 0 Å². The molecule has 4 aromatic rings. The monoisotopic (exact) mass is 341 g/mol. The molecule has 2 aromatic carbocycles. The molecule has 5 nitrogen and oxygen atoms in total. The summed E-state index contributed by atoms with van der Waals surface area (Å²) in [6, 6.07) is 13.7. The SMILES string of the molecule is Cc1cccc2c(C3=C(c4c[nH]c5ccccc45)C(=O)NC3=O)c[nH]c12. The first-order chi connectivity index (χ1) is 12.6. The Morgan fingerprint density at radius 2 is 1.38 bits per heavy atom. The fraction of sp³-hybridized carbons (Fsp3) is 0.0476. The van der Waals surface area contributed by atoms with Gasteiger partial charge in [0.15, 0.2) is 0 Å². The number of hydrogen-bond acceptors (Lipinski definition) is 2. The van der Waals surface area contributed by atoms with Gasteiger partial charge in [0.2, 0.25) is 0 Å². The highest BCUT2D eigenvalue weighted by atomic mass is 16.2. The average molecular weight is 341 g/mol. The molecule has 0 unspecified atom stereocenters. The van der Waals surface area contributed by atoms with E-state index in [1.165, 1.54) is 0 Å². The van der Waals surface area contributed by atoms with Crippen LogP contribution in [0, 0.1) is 6.92 Å². The van der Waals surface area contributed by atoms with E-state index in [0.29, 0.717) is 11.1 Å². The summed E-state index contributed by atoms with van der Waals surface area (Å²) in [6.07, 6.45) is 3.60. The third-order valence-corrected chi connectivity index (χ3v) is 4.98. The first kappa shape index (κ1) is 14.7. The smallest absolute Gasteiger partial charge is 0.259 e. The van der Waals surface area contributed by atoms with E-state index in [4.69, 9.17) is 0 Å². The van der Waals surface area contributed by atoms with E-state index >= 15 is 0 Å². The molecule has 0 spiro atoms. The molecule has 26 heavy (non-hydrogen) atoms. The summed E-state index contributed by atoms with van der Waals surface area (Å²) in [4.78, 5) is 31.7. The summed E-state index contributed by atoms with van der Waals surface area (Å²) >= 11 is 0. The minimum Gasteiger partial charge on any atom is -0.361 e. The van der Waals surface area contributed by atoms with E-state index in [2.05, 4.69) is 15.3 Å². The standard InChI is InChI=1S/C21H15N3O2/c1-11-5-4-7-13-15(10-23-19(11)13)18-17(20(25)24-21(18)26)14-9-22-16-8-3-2-6-12(14)16/h2-10,22-23H,1H3,(H,24,25,26). The Hall–Kier alpha value is -3.60. The van der Waals surface area contributed by atoms with Gasteiger partial charge in [-0.15, -0.1) is 0 Å². The van der Waals surface area contributed by atoms with Crippen molar-refractivity contribution in [1.29, 1.82) is 0 Å². The lowest BCUT2D eigenvalue weighted by molar-refractivity contribution is -0.122. The Morgan fingerprint density at radius 3 is 2.19 bits per heavy atom. The third kappa shape index (κ3) is 1.91. The molecule has 126 valence electrons. The van der Waals surface area contributed by atoms with Crippen LogP contribution >= 0.6 is 0 Å². The van der Waals surface area contributed by atoms with Crippen molar-refractivity contribution in [3.05, 3.63) is 71.5 Å². The highest BCUT2D eigenvalue weighted by molar-refractivity contribution is 6.50. The predicted octanol–water partition coefficient (Wildman–Crippen LogP) is 3.52. The van der Waals surface area contributed by atoms with Crippen LogP contribution in [0.15, 0.2) is 54.9 Å². The molecule has 0 saturated carbocycles. The highest BCUT2D eigenvalue weighted by Gasteiger charge is 2.34. The van der Waals surface area contributed by atoms with Gasteiger partial charge in [-0.2, -0.15) is 0 Å². The van der Waals surface area contributed by atoms with Crippen LogP contribution in [0.4, 0.5) is 0 Å². The molecule has 2 amide bonds. The number of hydrogen-bond donors (Lipinski definition) is 3. The lowest BCUT2D eigenvalue weighted by Gasteiger charge is -2.03. The van der Waals surface area contributed by atoms with Gasteiger partial charge in [-0.25, -0.2) is 0 Å². The zero-order valence-corrected chi connectivity index (χ0v) is 14.0. The summed E-state index contributed by atoms with van der Waals surface area (Å²) in [6.45, 7) is 2.01. The van der Waals surface area contributed by atoms with Gasteiger partial charge >= 0.3 is 0 Å². The van der Waals surface area contributed by atoms with Crippen LogP contribution in [0.1, 0.15) is 16.7 Å². The number of aromatic amines is 2. The number of H-pyrrole nitrogens is 2. The lowest BCUT2D eigenvalue weighted by atomic mass is 9.95. The number of rotatable bonds is 2. The topological polar surface area (TPSA) is 77.8 Å². The van der Waals surface area contributed by atoms with Gasteiger partial charge in [0, 0.05) is 45.3 Å². The van der Waals surface area contributed by atoms with Crippen LogP contribution in [0.25, 0.3) is 33.0 Å². The van der Waals surface area contributed by atoms with Crippen molar-refractivity contribution in [2.45, 2.75) is 6.92 Å². The zero-order valence-electron chi connectivity index (χ0n) is 14.0. The van der Waals surface area contributed by atoms with Gasteiger partial charge in [-0.1, -0.05) is 36.4 Å². The van der Waals surface area contributed by atoms with E-state index in [-0.39, 0.29) is 11.8 Å². The summed E-state index contributed by atoms with van der Waals surface area (Å²) < 4.78 is 0. The van der Waals surface area contributed by atoms with Crippen LogP contribution in [-0.2, 0) is 9.59 Å². The number of nitrogens with one attached hydrogen (secondary N) is 3. The molecule has 1 aliphatic rings. The van der Waals surface area contributed by atoms with E-state index in [9.17, 15) is 9.59 Å². The fourth-order valence-corrected chi connectivity index (χ4v) is 3.76. The molecule has 0 fully saturated rings. The maximum atomic E-state index is 12.6. The predicted molar refractivity (Wildman–Crippen MR) is 101 cm³/mol. The molecule has 0 aliphatic carbocycles. The fourth-order valence-electron chi connectivity index (χ4n) is 3.76. The molecular formula is C21H15N3O2. The number of carbonyl (C=O) groups excluding carboxylic acids is 2. The first-order valence-electron chi connectivity index (χ1n) is 8.38. The van der Waals surface area contributed by atoms with E-state index in [1.54, 1.807) is 12.4 Å². The van der Waals surface area contributed by atoms with Gasteiger partial charge in [0.1, 0.15) is 0 Å². The molecule has 3 N–H and O–H groups in total. The molecule has 2 aromatic heterocycles. The number of amides is 2. The van der Waals surface area contributed by atoms with Crippen LogP contribution in [-0.4, -0.2) is 21.8 Å². The molecule has 0 atom stereocenters. The summed E-state index contributed by atoms with van der Waals surface area (Å²) in [5.41, 5.74) is 5.30. The minimum atomic E-state index is -0.364. The van der Waals surface area contributed by atoms with Crippen molar-refractivity contribution >= 4 is 44.8 Å². The number of aromatic nitrogens is 2. The second kappa shape index (κ2) is 5.20. The Bertz CT molecular complexity index is 1260. The maximum Gasteiger partial charge on any atom is 0.259 e. The average Bonchev–Trinajstić information content (AvgIpc) is 3.30. The van der Waals surface area contributed by atoms with Crippen molar-refractivity contribution < 1.29 is 9.59 Å². The van der Waals surface area contributed by atoms with Gasteiger partial charge in [0.25, 0.3) is 11.8 Å². The molecule has 0 bridgehead atoms. The first-order valence-corrected chi connectivity index (χ1v) is 8.38.